The molecule has 0 atom stereocenters. The number of nitrogens with one attached hydrogen (secondary N) is 2. The molecule has 0 spiro atoms. The van der Waals surface area contributed by atoms with Crippen LogP contribution in [0.5, 0.6) is 23.0 Å². The van der Waals surface area contributed by atoms with Crippen molar-refractivity contribution in [2.45, 2.75) is 6.54 Å². The Morgan fingerprint density at radius 1 is 0.960 bits per heavy atom. The summed E-state index contributed by atoms with van der Waals surface area (Å²) in [7, 11) is 2.92. The van der Waals surface area contributed by atoms with E-state index in [2.05, 4.69) is 10.6 Å². The molecule has 0 saturated heterocycles. The normalized spacial score (nSPS) is 10.3. The minimum atomic E-state index is -0.387. The van der Waals surface area contributed by atoms with E-state index in [0.29, 0.717) is 30.9 Å². The standard InChI is InChI=1S/C18H22N2O5/c1-24-14-7-3-5-12(16(14)21)11-19-9-10-20-18(23)13-6-4-8-15(25-2)17(13)22/h3-8,19,21-22H,9-11H2,1-2H3,(H,20,23). The average Bonchev–Trinajstić information content (AvgIpc) is 2.62. The molecule has 0 bridgehead atoms. The molecule has 2 aromatic rings. The van der Waals surface area contributed by atoms with E-state index in [4.69, 9.17) is 9.47 Å². The lowest BCUT2D eigenvalue weighted by Crippen LogP contribution is -2.31. The molecule has 0 aliphatic heterocycles. The van der Waals surface area contributed by atoms with Gasteiger partial charge >= 0.3 is 0 Å². The highest BCUT2D eigenvalue weighted by atomic mass is 16.5. The van der Waals surface area contributed by atoms with E-state index < -0.39 is 0 Å². The number of para-hydroxylation sites is 2. The molecule has 0 radical (unpaired) electrons. The molecular formula is C18H22N2O5. The van der Waals surface area contributed by atoms with E-state index in [1.165, 1.54) is 20.3 Å². The summed E-state index contributed by atoms with van der Waals surface area (Å²) < 4.78 is 10.0. The van der Waals surface area contributed by atoms with Crippen molar-refractivity contribution < 1.29 is 24.5 Å². The van der Waals surface area contributed by atoms with Crippen LogP contribution in [0.4, 0.5) is 0 Å². The van der Waals surface area contributed by atoms with Crippen LogP contribution < -0.4 is 20.1 Å². The quantitative estimate of drug-likeness (QED) is 0.542. The van der Waals surface area contributed by atoms with Crippen molar-refractivity contribution in [3.8, 4) is 23.0 Å². The second kappa shape index (κ2) is 8.79. The zero-order chi connectivity index (χ0) is 18.2. The van der Waals surface area contributed by atoms with Gasteiger partial charge in [-0.25, -0.2) is 0 Å². The lowest BCUT2D eigenvalue weighted by Gasteiger charge is -2.11. The molecule has 4 N–H and O–H groups in total. The summed E-state index contributed by atoms with van der Waals surface area (Å²) >= 11 is 0. The molecule has 0 heterocycles. The van der Waals surface area contributed by atoms with E-state index in [0.717, 1.165) is 0 Å². The van der Waals surface area contributed by atoms with E-state index in [9.17, 15) is 15.0 Å². The van der Waals surface area contributed by atoms with Crippen LogP contribution >= 0.6 is 0 Å². The zero-order valence-electron chi connectivity index (χ0n) is 14.2. The van der Waals surface area contributed by atoms with Crippen molar-refractivity contribution in [1.29, 1.82) is 0 Å². The first-order valence-corrected chi connectivity index (χ1v) is 7.78. The van der Waals surface area contributed by atoms with Crippen LogP contribution in [0, 0.1) is 0 Å². The van der Waals surface area contributed by atoms with E-state index in [1.807, 2.05) is 0 Å². The van der Waals surface area contributed by atoms with Crippen LogP contribution in [0.25, 0.3) is 0 Å². The third-order valence-corrected chi connectivity index (χ3v) is 3.67. The summed E-state index contributed by atoms with van der Waals surface area (Å²) in [5, 5.41) is 25.8. The molecule has 25 heavy (non-hydrogen) atoms. The minimum absolute atomic E-state index is 0.0999. The summed E-state index contributed by atoms with van der Waals surface area (Å²) in [5.41, 5.74) is 0.862. The Morgan fingerprint density at radius 2 is 1.60 bits per heavy atom. The number of benzene rings is 2. The van der Waals surface area contributed by atoms with Gasteiger partial charge in [-0.1, -0.05) is 18.2 Å². The first-order chi connectivity index (χ1) is 12.1. The number of ether oxygens (including phenoxy) is 2. The van der Waals surface area contributed by atoms with Gasteiger partial charge in [-0.05, 0) is 18.2 Å². The number of hydrogen-bond acceptors (Lipinski definition) is 6. The molecule has 0 aliphatic carbocycles. The van der Waals surface area contributed by atoms with Crippen LogP contribution in [0.2, 0.25) is 0 Å². The van der Waals surface area contributed by atoms with Crippen LogP contribution in [-0.2, 0) is 6.54 Å². The van der Waals surface area contributed by atoms with Gasteiger partial charge in [0.05, 0.1) is 19.8 Å². The Bertz CT molecular complexity index is 733. The van der Waals surface area contributed by atoms with Crippen LogP contribution in [0.3, 0.4) is 0 Å². The summed E-state index contributed by atoms with van der Waals surface area (Å²) in [4.78, 5) is 12.1. The molecule has 134 valence electrons. The Kier molecular flexibility index (Phi) is 6.47. The van der Waals surface area contributed by atoms with E-state index in [-0.39, 0.29) is 28.7 Å². The van der Waals surface area contributed by atoms with Crippen LogP contribution in [0.15, 0.2) is 36.4 Å². The number of rotatable bonds is 8. The van der Waals surface area contributed by atoms with Gasteiger partial charge in [-0.3, -0.25) is 4.79 Å². The van der Waals surface area contributed by atoms with E-state index in [1.54, 1.807) is 30.3 Å². The lowest BCUT2D eigenvalue weighted by molar-refractivity contribution is 0.0950. The van der Waals surface area contributed by atoms with Crippen molar-refractivity contribution in [3.63, 3.8) is 0 Å². The number of carbonyl (C=O) groups is 1. The van der Waals surface area contributed by atoms with Gasteiger partial charge in [0.1, 0.15) is 0 Å². The van der Waals surface area contributed by atoms with Gasteiger partial charge in [0.2, 0.25) is 0 Å². The molecule has 1 amide bonds. The Morgan fingerprint density at radius 3 is 2.28 bits per heavy atom. The SMILES string of the molecule is COc1cccc(CNCCNC(=O)c2cccc(OC)c2O)c1O. The second-order valence-electron chi connectivity index (χ2n) is 5.26. The van der Waals surface area contributed by atoms with Gasteiger partial charge in [0.25, 0.3) is 5.91 Å². The van der Waals surface area contributed by atoms with Crippen LogP contribution in [-0.4, -0.2) is 43.4 Å². The fraction of sp³-hybridized carbons (Fsp3) is 0.278. The van der Waals surface area contributed by atoms with Gasteiger partial charge in [0, 0.05) is 25.2 Å². The molecule has 0 fully saturated rings. The van der Waals surface area contributed by atoms with Gasteiger partial charge in [-0.2, -0.15) is 0 Å². The lowest BCUT2D eigenvalue weighted by atomic mass is 10.1. The summed E-state index contributed by atoms with van der Waals surface area (Å²) in [6.45, 7) is 1.29. The monoisotopic (exact) mass is 346 g/mol. The topological polar surface area (TPSA) is 100 Å². The smallest absolute Gasteiger partial charge is 0.255 e. The largest absolute Gasteiger partial charge is 0.504 e. The molecule has 0 aliphatic rings. The first kappa shape index (κ1) is 18.4. The molecule has 7 nitrogen and oxygen atoms in total. The van der Waals surface area contributed by atoms with Crippen LogP contribution in [0.1, 0.15) is 15.9 Å². The fourth-order valence-corrected chi connectivity index (χ4v) is 2.33. The van der Waals surface area contributed by atoms with Crippen molar-refractivity contribution in [3.05, 3.63) is 47.5 Å². The molecule has 0 saturated carbocycles. The van der Waals surface area contributed by atoms with Gasteiger partial charge < -0.3 is 30.3 Å². The number of phenols is 2. The highest BCUT2D eigenvalue weighted by Crippen LogP contribution is 2.29. The third-order valence-electron chi connectivity index (χ3n) is 3.67. The summed E-state index contributed by atoms with van der Waals surface area (Å²) in [6.07, 6.45) is 0. The highest BCUT2D eigenvalue weighted by Gasteiger charge is 2.14. The Hall–Kier alpha value is -2.93. The summed E-state index contributed by atoms with van der Waals surface area (Å²) in [6, 6.07) is 10.0. The van der Waals surface area contributed by atoms with Gasteiger partial charge in [0.15, 0.2) is 23.0 Å². The fourth-order valence-electron chi connectivity index (χ4n) is 2.33. The maximum absolute atomic E-state index is 12.1. The molecular weight excluding hydrogens is 324 g/mol. The minimum Gasteiger partial charge on any atom is -0.504 e. The van der Waals surface area contributed by atoms with E-state index >= 15 is 0 Å². The zero-order valence-corrected chi connectivity index (χ0v) is 14.2. The molecule has 0 aromatic heterocycles. The van der Waals surface area contributed by atoms with Crippen molar-refractivity contribution in [2.24, 2.45) is 0 Å². The number of aromatic hydroxyl groups is 2. The third kappa shape index (κ3) is 4.54. The Labute approximate surface area is 146 Å². The van der Waals surface area contributed by atoms with Gasteiger partial charge in [-0.15, -0.1) is 0 Å². The molecule has 2 rings (SSSR count). The molecule has 7 heteroatoms. The number of amides is 1. The number of methoxy groups -OCH3 is 2. The first-order valence-electron chi connectivity index (χ1n) is 7.78. The maximum Gasteiger partial charge on any atom is 0.255 e. The van der Waals surface area contributed by atoms with Crippen molar-refractivity contribution >= 4 is 5.91 Å². The van der Waals surface area contributed by atoms with Crippen molar-refractivity contribution in [1.82, 2.24) is 10.6 Å². The molecule has 2 aromatic carbocycles. The average molecular weight is 346 g/mol. The van der Waals surface area contributed by atoms with Crippen molar-refractivity contribution in [2.75, 3.05) is 27.3 Å². The summed E-state index contributed by atoms with van der Waals surface area (Å²) in [5.74, 6) is 0.197. The molecule has 0 unspecified atom stereocenters. The number of hydrogen-bond donors (Lipinski definition) is 4. The predicted molar refractivity (Wildman–Crippen MR) is 93.4 cm³/mol. The number of phenolic OH excluding ortho intramolecular Hbond substituents is 2. The highest BCUT2D eigenvalue weighted by molar-refractivity contribution is 5.97. The predicted octanol–water partition coefficient (Wildman–Crippen LogP) is 1.63. The number of carbonyl (C=O) groups excluding carboxylic acids is 1. The Balaban J connectivity index is 1.81. The second-order valence-corrected chi connectivity index (χ2v) is 5.26. The maximum atomic E-state index is 12.1.